The van der Waals surface area contributed by atoms with Crippen LogP contribution < -0.4 is 5.32 Å². The first-order valence-electron chi connectivity index (χ1n) is 8.13. The van der Waals surface area contributed by atoms with Crippen LogP contribution in [-0.2, 0) is 14.6 Å². The van der Waals surface area contributed by atoms with Crippen LogP contribution in [0.25, 0.3) is 5.69 Å². The fraction of sp³-hybridized carbons (Fsp3) is 0.158. The molecule has 0 unspecified atom stereocenters. The predicted molar refractivity (Wildman–Crippen MR) is 108 cm³/mol. The summed E-state index contributed by atoms with van der Waals surface area (Å²) >= 11 is 3.27. The lowest BCUT2D eigenvalue weighted by Gasteiger charge is -2.23. The third kappa shape index (κ3) is 3.81. The second-order valence-corrected chi connectivity index (χ2v) is 9.85. The molecular formula is C19H18BrN3O3S. The zero-order valence-electron chi connectivity index (χ0n) is 14.8. The molecule has 0 fully saturated rings. The summed E-state index contributed by atoms with van der Waals surface area (Å²) in [4.78, 5) is 12.8. The number of benzene rings is 2. The molecule has 2 aromatic carbocycles. The minimum absolute atomic E-state index is 0.0887. The van der Waals surface area contributed by atoms with E-state index in [-0.39, 0.29) is 4.90 Å². The number of amides is 1. The molecule has 3 rings (SSSR count). The molecule has 0 spiro atoms. The van der Waals surface area contributed by atoms with Crippen molar-refractivity contribution in [3.63, 3.8) is 0 Å². The van der Waals surface area contributed by atoms with Crippen LogP contribution in [0.15, 0.2) is 76.4 Å². The fourth-order valence-corrected chi connectivity index (χ4v) is 4.06. The van der Waals surface area contributed by atoms with Gasteiger partial charge in [-0.15, -0.1) is 0 Å². The maximum Gasteiger partial charge on any atom is 0.245 e. The Bertz CT molecular complexity index is 1060. The highest BCUT2D eigenvalue weighted by Crippen LogP contribution is 2.28. The summed E-state index contributed by atoms with van der Waals surface area (Å²) in [6.45, 7) is 2.78. The standard InChI is InChI=1S/C19H18BrN3O3S/c1-19(2,27(25,26)17-10-8-14(20)9-11-17)18(24)22-15-12-21-23(13-15)16-6-4-3-5-7-16/h3-13H,1-2H3,(H,22,24). The molecule has 3 aromatic rings. The monoisotopic (exact) mass is 447 g/mol. The molecule has 0 bridgehead atoms. The number of carbonyl (C=O) groups excluding carboxylic acids is 1. The van der Waals surface area contributed by atoms with Gasteiger partial charge in [-0.2, -0.15) is 5.10 Å². The van der Waals surface area contributed by atoms with Crippen molar-refractivity contribution in [3.8, 4) is 5.69 Å². The summed E-state index contributed by atoms with van der Waals surface area (Å²) in [7, 11) is -3.88. The number of carbonyl (C=O) groups is 1. The van der Waals surface area contributed by atoms with E-state index in [2.05, 4.69) is 26.3 Å². The third-order valence-corrected chi connectivity index (χ3v) is 7.15. The Labute approximate surface area is 166 Å². The molecular weight excluding hydrogens is 430 g/mol. The molecule has 1 aromatic heterocycles. The normalized spacial score (nSPS) is 12.0. The minimum Gasteiger partial charge on any atom is -0.322 e. The highest BCUT2D eigenvalue weighted by atomic mass is 79.9. The Morgan fingerprint density at radius 3 is 2.33 bits per heavy atom. The number of halogens is 1. The number of para-hydroxylation sites is 1. The largest absolute Gasteiger partial charge is 0.322 e. The second-order valence-electron chi connectivity index (χ2n) is 6.43. The summed E-state index contributed by atoms with van der Waals surface area (Å²) in [5.74, 6) is -0.627. The minimum atomic E-state index is -3.88. The van der Waals surface area contributed by atoms with Gasteiger partial charge in [-0.3, -0.25) is 4.79 Å². The van der Waals surface area contributed by atoms with E-state index >= 15 is 0 Å². The molecule has 0 atom stereocenters. The van der Waals surface area contributed by atoms with E-state index in [1.165, 1.54) is 32.2 Å². The molecule has 1 amide bonds. The van der Waals surface area contributed by atoms with Crippen LogP contribution in [-0.4, -0.2) is 28.9 Å². The van der Waals surface area contributed by atoms with Gasteiger partial charge in [-0.1, -0.05) is 34.1 Å². The zero-order chi connectivity index (χ0) is 19.7. The maximum absolute atomic E-state index is 12.9. The van der Waals surface area contributed by atoms with Crippen molar-refractivity contribution in [2.24, 2.45) is 0 Å². The molecule has 0 aliphatic rings. The number of sulfone groups is 1. The number of rotatable bonds is 5. The number of hydrogen-bond donors (Lipinski definition) is 1. The number of hydrogen-bond acceptors (Lipinski definition) is 4. The Kier molecular flexibility index (Phi) is 5.21. The number of anilines is 1. The summed E-state index contributed by atoms with van der Waals surface area (Å²) in [6.07, 6.45) is 3.11. The molecule has 27 heavy (non-hydrogen) atoms. The van der Waals surface area contributed by atoms with Gasteiger partial charge in [0.25, 0.3) is 0 Å². The van der Waals surface area contributed by atoms with Gasteiger partial charge in [0.2, 0.25) is 5.91 Å². The van der Waals surface area contributed by atoms with Gasteiger partial charge in [0.05, 0.1) is 28.7 Å². The van der Waals surface area contributed by atoms with Gasteiger partial charge in [0, 0.05) is 4.47 Å². The van der Waals surface area contributed by atoms with Crippen molar-refractivity contribution in [1.82, 2.24) is 9.78 Å². The molecule has 0 aliphatic heterocycles. The summed E-state index contributed by atoms with van der Waals surface area (Å²) in [5, 5.41) is 6.85. The van der Waals surface area contributed by atoms with E-state index in [1.54, 1.807) is 23.0 Å². The number of aromatic nitrogens is 2. The number of nitrogens with zero attached hydrogens (tertiary/aromatic N) is 2. The van der Waals surface area contributed by atoms with Crippen molar-refractivity contribution in [2.75, 3.05) is 5.32 Å². The number of nitrogens with one attached hydrogen (secondary N) is 1. The van der Waals surface area contributed by atoms with E-state index in [9.17, 15) is 13.2 Å². The van der Waals surface area contributed by atoms with E-state index in [1.807, 2.05) is 30.3 Å². The first-order valence-corrected chi connectivity index (χ1v) is 10.4. The van der Waals surface area contributed by atoms with Gasteiger partial charge < -0.3 is 5.32 Å². The van der Waals surface area contributed by atoms with Crippen molar-refractivity contribution < 1.29 is 13.2 Å². The summed E-state index contributed by atoms with van der Waals surface area (Å²) in [5.41, 5.74) is 1.25. The van der Waals surface area contributed by atoms with Gasteiger partial charge in [0.15, 0.2) is 9.84 Å². The molecule has 0 radical (unpaired) electrons. The molecule has 0 aliphatic carbocycles. The van der Waals surface area contributed by atoms with Crippen molar-refractivity contribution in [1.29, 1.82) is 0 Å². The van der Waals surface area contributed by atoms with Crippen LogP contribution in [0.3, 0.4) is 0 Å². The molecule has 0 saturated heterocycles. The quantitative estimate of drug-likeness (QED) is 0.644. The van der Waals surface area contributed by atoms with Crippen LogP contribution in [0.4, 0.5) is 5.69 Å². The van der Waals surface area contributed by atoms with Crippen LogP contribution >= 0.6 is 15.9 Å². The Balaban J connectivity index is 1.82. The van der Waals surface area contributed by atoms with Gasteiger partial charge >= 0.3 is 0 Å². The molecule has 140 valence electrons. The van der Waals surface area contributed by atoms with E-state index < -0.39 is 20.5 Å². The van der Waals surface area contributed by atoms with Crippen LogP contribution in [0.2, 0.25) is 0 Å². The maximum atomic E-state index is 12.9. The molecule has 6 nitrogen and oxygen atoms in total. The van der Waals surface area contributed by atoms with Crippen LogP contribution in [0.1, 0.15) is 13.8 Å². The van der Waals surface area contributed by atoms with Gasteiger partial charge in [-0.25, -0.2) is 13.1 Å². The summed E-state index contributed by atoms with van der Waals surface area (Å²) in [6, 6.07) is 15.6. The highest BCUT2D eigenvalue weighted by Gasteiger charge is 2.43. The predicted octanol–water partition coefficient (Wildman–Crippen LogP) is 3.83. The molecule has 1 N–H and O–H groups in total. The average Bonchev–Trinajstić information content (AvgIpc) is 3.11. The smallest absolute Gasteiger partial charge is 0.245 e. The summed E-state index contributed by atoms with van der Waals surface area (Å²) < 4.78 is 26.6. The fourth-order valence-electron chi connectivity index (χ4n) is 2.42. The Hall–Kier alpha value is -2.45. The topological polar surface area (TPSA) is 81.1 Å². The molecule has 1 heterocycles. The Morgan fingerprint density at radius 1 is 1.07 bits per heavy atom. The lowest BCUT2D eigenvalue weighted by molar-refractivity contribution is -0.117. The van der Waals surface area contributed by atoms with Crippen molar-refractivity contribution in [3.05, 3.63) is 71.5 Å². The van der Waals surface area contributed by atoms with Gasteiger partial charge in [-0.05, 0) is 50.2 Å². The molecule has 8 heteroatoms. The van der Waals surface area contributed by atoms with E-state index in [4.69, 9.17) is 0 Å². The van der Waals surface area contributed by atoms with Crippen LogP contribution in [0.5, 0.6) is 0 Å². The zero-order valence-corrected chi connectivity index (χ0v) is 17.2. The first kappa shape index (κ1) is 19.3. The first-order chi connectivity index (χ1) is 12.7. The van der Waals surface area contributed by atoms with Gasteiger partial charge in [0.1, 0.15) is 4.75 Å². The lowest BCUT2D eigenvalue weighted by atomic mass is 10.2. The third-order valence-electron chi connectivity index (χ3n) is 4.20. The average molecular weight is 448 g/mol. The second kappa shape index (κ2) is 7.28. The highest BCUT2D eigenvalue weighted by molar-refractivity contribution is 9.10. The van der Waals surface area contributed by atoms with E-state index in [0.717, 1.165) is 10.2 Å². The lowest BCUT2D eigenvalue weighted by Crippen LogP contribution is -2.44. The van der Waals surface area contributed by atoms with Crippen molar-refractivity contribution >= 4 is 37.4 Å². The SMILES string of the molecule is CC(C)(C(=O)Nc1cnn(-c2ccccc2)c1)S(=O)(=O)c1ccc(Br)cc1. The Morgan fingerprint density at radius 2 is 1.70 bits per heavy atom. The molecule has 0 saturated carbocycles. The van der Waals surface area contributed by atoms with Crippen molar-refractivity contribution in [2.45, 2.75) is 23.5 Å². The van der Waals surface area contributed by atoms with Crippen LogP contribution in [0, 0.1) is 0 Å². The van der Waals surface area contributed by atoms with E-state index in [0.29, 0.717) is 5.69 Å².